The average Bonchev–Trinajstić information content (AvgIpc) is 2.23. The minimum atomic E-state index is -4.96. The first-order valence-electron chi connectivity index (χ1n) is 5.17. The highest BCUT2D eigenvalue weighted by atomic mass is 32.2. The average molecular weight is 296 g/mol. The number of sulfone groups is 1. The lowest BCUT2D eigenvalue weighted by molar-refractivity contribution is -0.136. The highest BCUT2D eigenvalue weighted by Crippen LogP contribution is 2.21. The molecule has 1 aromatic carbocycles. The monoisotopic (exact) mass is 296 g/mol. The van der Waals surface area contributed by atoms with Gasteiger partial charge < -0.3 is 5.11 Å². The maximum Gasteiger partial charge on any atom is 0.402 e. The molecule has 8 heteroatoms. The number of hydrogen-bond donors (Lipinski definition) is 1. The third kappa shape index (κ3) is 4.90. The Bertz CT molecular complexity index is 537. The standard InChI is InChI=1S/C11H11F3O4S/c12-11(13,14)7-19(17,18)9(10(15)16)6-8-4-2-1-3-5-8/h1-5,9H,6-7H2,(H,15,16). The molecule has 4 nitrogen and oxygen atoms in total. The summed E-state index contributed by atoms with van der Waals surface area (Å²) in [5.41, 5.74) is 0.348. The fourth-order valence-corrected chi connectivity index (χ4v) is 2.94. The van der Waals surface area contributed by atoms with Gasteiger partial charge in [-0.1, -0.05) is 30.3 Å². The van der Waals surface area contributed by atoms with Crippen molar-refractivity contribution in [1.82, 2.24) is 0 Å². The second-order valence-electron chi connectivity index (χ2n) is 3.94. The van der Waals surface area contributed by atoms with Crippen molar-refractivity contribution in [1.29, 1.82) is 0 Å². The number of rotatable bonds is 5. The summed E-state index contributed by atoms with van der Waals surface area (Å²) in [7, 11) is -4.80. The van der Waals surface area contributed by atoms with Gasteiger partial charge in [0.25, 0.3) is 0 Å². The smallest absolute Gasteiger partial charge is 0.402 e. The van der Waals surface area contributed by atoms with E-state index < -0.39 is 39.4 Å². The molecule has 0 radical (unpaired) electrons. The number of carboxylic acids is 1. The second kappa shape index (κ2) is 5.60. The largest absolute Gasteiger partial charge is 0.480 e. The van der Waals surface area contributed by atoms with Crippen LogP contribution in [0.4, 0.5) is 13.2 Å². The maximum absolute atomic E-state index is 12.1. The minimum Gasteiger partial charge on any atom is -0.480 e. The van der Waals surface area contributed by atoms with Gasteiger partial charge in [-0.3, -0.25) is 4.79 Å². The topological polar surface area (TPSA) is 71.4 Å². The Labute approximate surface area is 107 Å². The van der Waals surface area contributed by atoms with Crippen molar-refractivity contribution in [3.8, 4) is 0 Å². The van der Waals surface area contributed by atoms with Crippen molar-refractivity contribution < 1.29 is 31.5 Å². The van der Waals surface area contributed by atoms with Gasteiger partial charge in [-0.15, -0.1) is 0 Å². The Morgan fingerprint density at radius 1 is 1.21 bits per heavy atom. The molecule has 0 saturated heterocycles. The van der Waals surface area contributed by atoms with E-state index in [9.17, 15) is 26.4 Å². The lowest BCUT2D eigenvalue weighted by atomic mass is 10.1. The summed E-state index contributed by atoms with van der Waals surface area (Å²) in [6.07, 6.45) is -5.45. The van der Waals surface area contributed by atoms with Gasteiger partial charge in [0.2, 0.25) is 0 Å². The van der Waals surface area contributed by atoms with E-state index in [-0.39, 0.29) is 0 Å². The number of halogens is 3. The second-order valence-corrected chi connectivity index (χ2v) is 6.12. The Morgan fingerprint density at radius 2 is 1.74 bits per heavy atom. The minimum absolute atomic E-state index is 0.348. The van der Waals surface area contributed by atoms with Gasteiger partial charge in [0.15, 0.2) is 15.1 Å². The molecule has 19 heavy (non-hydrogen) atoms. The molecule has 1 atom stereocenters. The van der Waals surface area contributed by atoms with Crippen LogP contribution in [-0.4, -0.2) is 36.7 Å². The molecule has 0 heterocycles. The van der Waals surface area contributed by atoms with Crippen LogP contribution in [0.5, 0.6) is 0 Å². The molecule has 0 aliphatic heterocycles. The van der Waals surface area contributed by atoms with Crippen LogP contribution < -0.4 is 0 Å². The van der Waals surface area contributed by atoms with Gasteiger partial charge in [0.1, 0.15) is 5.75 Å². The van der Waals surface area contributed by atoms with Crippen LogP contribution >= 0.6 is 0 Å². The summed E-state index contributed by atoms with van der Waals surface area (Å²) >= 11 is 0. The zero-order valence-corrected chi connectivity index (χ0v) is 10.4. The molecule has 0 aliphatic carbocycles. The highest BCUT2D eigenvalue weighted by Gasteiger charge is 2.42. The Balaban J connectivity index is 2.99. The molecule has 0 aliphatic rings. The summed E-state index contributed by atoms with van der Waals surface area (Å²) in [6, 6.07) is 7.64. The predicted octanol–water partition coefficient (Wildman–Crippen LogP) is 1.66. The third-order valence-electron chi connectivity index (χ3n) is 2.34. The summed E-state index contributed by atoms with van der Waals surface area (Å²) in [5.74, 6) is -3.92. The maximum atomic E-state index is 12.1. The summed E-state index contributed by atoms with van der Waals surface area (Å²) < 4.78 is 59.4. The molecule has 1 aromatic rings. The first-order chi connectivity index (χ1) is 8.62. The van der Waals surface area contributed by atoms with Crippen LogP contribution in [0.3, 0.4) is 0 Å². The fraction of sp³-hybridized carbons (Fsp3) is 0.364. The van der Waals surface area contributed by atoms with Gasteiger partial charge in [-0.2, -0.15) is 13.2 Å². The molecule has 0 bridgehead atoms. The molecule has 0 spiro atoms. The lowest BCUT2D eigenvalue weighted by Gasteiger charge is -2.15. The van der Waals surface area contributed by atoms with Gasteiger partial charge >= 0.3 is 12.1 Å². The summed E-state index contributed by atoms with van der Waals surface area (Å²) in [6.45, 7) is 0. The Kier molecular flexibility index (Phi) is 4.56. The number of aliphatic carboxylic acids is 1. The number of carboxylic acid groups (broad SMARTS) is 1. The fourth-order valence-electron chi connectivity index (χ4n) is 1.52. The van der Waals surface area contributed by atoms with Crippen molar-refractivity contribution in [2.75, 3.05) is 5.75 Å². The van der Waals surface area contributed by atoms with Crippen LogP contribution in [0.25, 0.3) is 0 Å². The normalized spacial score (nSPS) is 14.1. The van der Waals surface area contributed by atoms with E-state index in [1.165, 1.54) is 12.1 Å². The molecule has 0 aromatic heterocycles. The molecular weight excluding hydrogens is 285 g/mol. The van der Waals surface area contributed by atoms with Gasteiger partial charge in [-0.25, -0.2) is 8.42 Å². The molecule has 1 N–H and O–H groups in total. The van der Waals surface area contributed by atoms with Crippen molar-refractivity contribution in [3.05, 3.63) is 35.9 Å². The summed E-state index contributed by atoms with van der Waals surface area (Å²) in [4.78, 5) is 10.9. The molecule has 106 valence electrons. The van der Waals surface area contributed by atoms with E-state index in [2.05, 4.69) is 0 Å². The van der Waals surface area contributed by atoms with Crippen LogP contribution in [0, 0.1) is 0 Å². The quantitative estimate of drug-likeness (QED) is 0.897. The van der Waals surface area contributed by atoms with Gasteiger partial charge in [0, 0.05) is 0 Å². The van der Waals surface area contributed by atoms with Crippen molar-refractivity contribution >= 4 is 15.8 Å². The zero-order chi connectivity index (χ0) is 14.7. The Hall–Kier alpha value is -1.57. The van der Waals surface area contributed by atoms with E-state index in [1.54, 1.807) is 18.2 Å². The van der Waals surface area contributed by atoms with E-state index >= 15 is 0 Å². The van der Waals surface area contributed by atoms with E-state index in [0.717, 1.165) is 0 Å². The molecule has 0 fully saturated rings. The highest BCUT2D eigenvalue weighted by molar-refractivity contribution is 7.92. The predicted molar refractivity (Wildman–Crippen MR) is 61.4 cm³/mol. The third-order valence-corrected chi connectivity index (χ3v) is 4.30. The molecule has 1 rings (SSSR count). The molecule has 0 amide bonds. The zero-order valence-electron chi connectivity index (χ0n) is 9.59. The number of hydrogen-bond acceptors (Lipinski definition) is 3. The van der Waals surface area contributed by atoms with Gasteiger partial charge in [0.05, 0.1) is 0 Å². The van der Waals surface area contributed by atoms with Crippen molar-refractivity contribution in [2.24, 2.45) is 0 Å². The first-order valence-corrected chi connectivity index (χ1v) is 6.88. The number of alkyl halides is 3. The lowest BCUT2D eigenvalue weighted by Crippen LogP contribution is -2.38. The van der Waals surface area contributed by atoms with Crippen molar-refractivity contribution in [3.63, 3.8) is 0 Å². The molecular formula is C11H11F3O4S. The van der Waals surface area contributed by atoms with Crippen LogP contribution in [0.1, 0.15) is 5.56 Å². The first kappa shape index (κ1) is 15.5. The summed E-state index contributed by atoms with van der Waals surface area (Å²) in [5, 5.41) is 6.72. The van der Waals surface area contributed by atoms with Crippen LogP contribution in [0.2, 0.25) is 0 Å². The number of carbonyl (C=O) groups is 1. The molecule has 1 unspecified atom stereocenters. The molecule has 0 saturated carbocycles. The van der Waals surface area contributed by atoms with Crippen LogP contribution in [-0.2, 0) is 21.1 Å². The van der Waals surface area contributed by atoms with E-state index in [4.69, 9.17) is 5.11 Å². The SMILES string of the molecule is O=C(O)C(Cc1ccccc1)S(=O)(=O)CC(F)(F)F. The van der Waals surface area contributed by atoms with Crippen molar-refractivity contribution in [2.45, 2.75) is 17.8 Å². The van der Waals surface area contributed by atoms with E-state index in [0.29, 0.717) is 5.56 Å². The Morgan fingerprint density at radius 3 is 2.16 bits per heavy atom. The van der Waals surface area contributed by atoms with E-state index in [1.807, 2.05) is 0 Å². The van der Waals surface area contributed by atoms with Crippen LogP contribution in [0.15, 0.2) is 30.3 Å². The van der Waals surface area contributed by atoms with Gasteiger partial charge in [-0.05, 0) is 12.0 Å². The number of benzene rings is 1.